The van der Waals surface area contributed by atoms with E-state index in [9.17, 15) is 13.2 Å². The van der Waals surface area contributed by atoms with E-state index in [0.717, 1.165) is 31.6 Å². The van der Waals surface area contributed by atoms with Crippen molar-refractivity contribution in [2.24, 2.45) is 17.0 Å². The molecule has 0 aliphatic heterocycles. The summed E-state index contributed by atoms with van der Waals surface area (Å²) < 4.78 is 22.4. The lowest BCUT2D eigenvalue weighted by atomic mass is 9.79. The first-order valence-corrected chi connectivity index (χ1v) is 9.88. The molecular formula is C17H26N2O3S. The number of benzene rings is 1. The van der Waals surface area contributed by atoms with Gasteiger partial charge in [-0.15, -0.1) is 0 Å². The summed E-state index contributed by atoms with van der Waals surface area (Å²) in [5.74, 6) is 0.862. The van der Waals surface area contributed by atoms with Crippen LogP contribution in [-0.4, -0.2) is 14.3 Å². The average Bonchev–Trinajstić information content (AvgIpc) is 2.53. The first-order chi connectivity index (χ1) is 10.9. The fourth-order valence-corrected chi connectivity index (χ4v) is 3.69. The summed E-state index contributed by atoms with van der Waals surface area (Å²) in [6, 6.07) is 5.97. The van der Waals surface area contributed by atoms with Gasteiger partial charge in [-0.25, -0.2) is 13.6 Å². The molecule has 1 aliphatic rings. The second kappa shape index (κ2) is 7.93. The zero-order chi connectivity index (χ0) is 16.9. The molecule has 6 heteroatoms. The lowest BCUT2D eigenvalue weighted by Crippen LogP contribution is -2.27. The van der Waals surface area contributed by atoms with Gasteiger partial charge in [-0.1, -0.05) is 26.2 Å². The molecule has 1 aromatic carbocycles. The number of hydrogen-bond acceptors (Lipinski definition) is 3. The summed E-state index contributed by atoms with van der Waals surface area (Å²) in [7, 11) is -3.70. The van der Waals surface area contributed by atoms with E-state index in [1.165, 1.54) is 31.4 Å². The summed E-state index contributed by atoms with van der Waals surface area (Å²) in [5.41, 5.74) is 0.607. The van der Waals surface area contributed by atoms with Crippen LogP contribution >= 0.6 is 0 Å². The van der Waals surface area contributed by atoms with Crippen LogP contribution in [0.2, 0.25) is 0 Å². The number of unbranched alkanes of at least 4 members (excludes halogenated alkanes) is 1. The Labute approximate surface area is 138 Å². The van der Waals surface area contributed by atoms with E-state index >= 15 is 0 Å². The highest BCUT2D eigenvalue weighted by Crippen LogP contribution is 2.32. The van der Waals surface area contributed by atoms with Crippen molar-refractivity contribution >= 4 is 21.6 Å². The van der Waals surface area contributed by atoms with Crippen molar-refractivity contribution in [2.75, 3.05) is 5.32 Å². The molecule has 0 bridgehead atoms. The van der Waals surface area contributed by atoms with Gasteiger partial charge in [-0.05, 0) is 55.9 Å². The molecule has 128 valence electrons. The normalized spacial score (nSPS) is 21.8. The summed E-state index contributed by atoms with van der Waals surface area (Å²) in [6.07, 6.45) is 7.92. The molecule has 3 N–H and O–H groups in total. The molecule has 0 heterocycles. The highest BCUT2D eigenvalue weighted by atomic mass is 32.2. The van der Waals surface area contributed by atoms with Crippen molar-refractivity contribution in [3.05, 3.63) is 24.3 Å². The first kappa shape index (κ1) is 17.9. The van der Waals surface area contributed by atoms with Crippen molar-refractivity contribution < 1.29 is 13.2 Å². The molecule has 0 saturated heterocycles. The topological polar surface area (TPSA) is 89.3 Å². The molecule has 1 aromatic rings. The Morgan fingerprint density at radius 1 is 1.17 bits per heavy atom. The van der Waals surface area contributed by atoms with Gasteiger partial charge in [0.2, 0.25) is 15.9 Å². The van der Waals surface area contributed by atoms with Crippen LogP contribution in [0.1, 0.15) is 51.9 Å². The van der Waals surface area contributed by atoms with Gasteiger partial charge in [0, 0.05) is 11.6 Å². The van der Waals surface area contributed by atoms with Crippen molar-refractivity contribution in [3.8, 4) is 0 Å². The number of carbonyl (C=O) groups excluding carboxylic acids is 1. The summed E-state index contributed by atoms with van der Waals surface area (Å²) in [4.78, 5) is 12.4. The van der Waals surface area contributed by atoms with Gasteiger partial charge in [-0.3, -0.25) is 4.79 Å². The third-order valence-corrected chi connectivity index (χ3v) is 5.56. The lowest BCUT2D eigenvalue weighted by molar-refractivity contribution is -0.121. The third-order valence-electron chi connectivity index (χ3n) is 4.63. The summed E-state index contributed by atoms with van der Waals surface area (Å²) in [5, 5.41) is 7.93. The van der Waals surface area contributed by atoms with Crippen molar-refractivity contribution in [3.63, 3.8) is 0 Å². The van der Waals surface area contributed by atoms with E-state index in [2.05, 4.69) is 12.2 Å². The Balaban J connectivity index is 1.85. The van der Waals surface area contributed by atoms with E-state index in [1.54, 1.807) is 12.1 Å². The number of hydrogen-bond donors (Lipinski definition) is 2. The van der Waals surface area contributed by atoms with Crippen LogP contribution in [0.4, 0.5) is 5.69 Å². The van der Waals surface area contributed by atoms with Gasteiger partial charge in [0.25, 0.3) is 0 Å². The minimum Gasteiger partial charge on any atom is -0.326 e. The van der Waals surface area contributed by atoms with Crippen LogP contribution in [0.5, 0.6) is 0 Å². The van der Waals surface area contributed by atoms with Crippen molar-refractivity contribution in [1.29, 1.82) is 0 Å². The molecule has 1 fully saturated rings. The number of sulfonamides is 1. The molecule has 0 unspecified atom stereocenters. The van der Waals surface area contributed by atoms with Crippen LogP contribution in [0.25, 0.3) is 0 Å². The Bertz CT molecular complexity index is 618. The predicted octanol–water partition coefficient (Wildman–Crippen LogP) is 3.27. The monoisotopic (exact) mass is 338 g/mol. The first-order valence-electron chi connectivity index (χ1n) is 8.34. The molecule has 2 rings (SSSR count). The molecule has 0 aromatic heterocycles. The average molecular weight is 338 g/mol. The molecule has 0 spiro atoms. The number of rotatable bonds is 6. The zero-order valence-electron chi connectivity index (χ0n) is 13.6. The van der Waals surface area contributed by atoms with Gasteiger partial charge in [0.1, 0.15) is 0 Å². The molecule has 1 saturated carbocycles. The summed E-state index contributed by atoms with van der Waals surface area (Å²) in [6.45, 7) is 2.21. The van der Waals surface area contributed by atoms with E-state index < -0.39 is 10.0 Å². The molecule has 0 atom stereocenters. The molecule has 1 aliphatic carbocycles. The quantitative estimate of drug-likeness (QED) is 0.834. The van der Waals surface area contributed by atoms with Crippen molar-refractivity contribution in [2.45, 2.75) is 56.8 Å². The number of amides is 1. The predicted molar refractivity (Wildman–Crippen MR) is 91.4 cm³/mol. The molecule has 5 nitrogen and oxygen atoms in total. The molecule has 1 amide bonds. The van der Waals surface area contributed by atoms with Crippen LogP contribution in [0.3, 0.4) is 0 Å². The lowest BCUT2D eigenvalue weighted by Gasteiger charge is -2.27. The fourth-order valence-electron chi connectivity index (χ4n) is 3.18. The Morgan fingerprint density at radius 3 is 2.30 bits per heavy atom. The summed E-state index contributed by atoms with van der Waals surface area (Å²) >= 11 is 0. The molecule has 23 heavy (non-hydrogen) atoms. The number of nitrogens with one attached hydrogen (secondary N) is 1. The van der Waals surface area contributed by atoms with E-state index in [1.807, 2.05) is 0 Å². The van der Waals surface area contributed by atoms with Gasteiger partial charge in [0.15, 0.2) is 0 Å². The maximum Gasteiger partial charge on any atom is 0.238 e. The van der Waals surface area contributed by atoms with Gasteiger partial charge >= 0.3 is 0 Å². The zero-order valence-corrected chi connectivity index (χ0v) is 14.4. The second-order valence-corrected chi connectivity index (χ2v) is 7.98. The maximum absolute atomic E-state index is 12.3. The Hall–Kier alpha value is -1.40. The van der Waals surface area contributed by atoms with Crippen molar-refractivity contribution in [1.82, 2.24) is 0 Å². The maximum atomic E-state index is 12.3. The standard InChI is InChI=1S/C17H26N2O3S/c1-2-3-4-13-5-7-14(8-6-13)17(20)19-15-9-11-16(12-10-15)23(18,21)22/h9-14H,2-8H2,1H3,(H,19,20)(H2,18,21,22). The van der Waals surface area contributed by atoms with Crippen LogP contribution in [0, 0.1) is 11.8 Å². The number of carbonyl (C=O) groups is 1. The van der Waals surface area contributed by atoms with Crippen LogP contribution in [-0.2, 0) is 14.8 Å². The molecular weight excluding hydrogens is 312 g/mol. The smallest absolute Gasteiger partial charge is 0.238 e. The Kier molecular flexibility index (Phi) is 6.18. The second-order valence-electron chi connectivity index (χ2n) is 6.42. The highest BCUT2D eigenvalue weighted by molar-refractivity contribution is 7.89. The highest BCUT2D eigenvalue weighted by Gasteiger charge is 2.26. The van der Waals surface area contributed by atoms with Crippen LogP contribution < -0.4 is 10.5 Å². The van der Waals surface area contributed by atoms with Gasteiger partial charge in [0.05, 0.1) is 4.90 Å². The number of anilines is 1. The van der Waals surface area contributed by atoms with Gasteiger partial charge < -0.3 is 5.32 Å². The van der Waals surface area contributed by atoms with E-state index in [0.29, 0.717) is 5.69 Å². The van der Waals surface area contributed by atoms with E-state index in [4.69, 9.17) is 5.14 Å². The number of primary sulfonamides is 1. The largest absolute Gasteiger partial charge is 0.326 e. The minimum atomic E-state index is -3.70. The fraction of sp³-hybridized carbons (Fsp3) is 0.588. The van der Waals surface area contributed by atoms with Crippen LogP contribution in [0.15, 0.2) is 29.2 Å². The van der Waals surface area contributed by atoms with Gasteiger partial charge in [-0.2, -0.15) is 0 Å². The number of nitrogens with two attached hydrogens (primary N) is 1. The van der Waals surface area contributed by atoms with E-state index in [-0.39, 0.29) is 16.7 Å². The Morgan fingerprint density at radius 2 is 1.78 bits per heavy atom. The third kappa shape index (κ3) is 5.32. The minimum absolute atomic E-state index is 0.0299. The SMILES string of the molecule is CCCCC1CCC(C(=O)Nc2ccc(S(N)(=O)=O)cc2)CC1. The molecule has 0 radical (unpaired) electrons.